The minimum atomic E-state index is -0.0767. The number of aryl methyl sites for hydroxylation is 2. The second-order valence-electron chi connectivity index (χ2n) is 2.56. The highest BCUT2D eigenvalue weighted by atomic mass is 16.1. The molecule has 1 aromatic rings. The lowest BCUT2D eigenvalue weighted by Crippen LogP contribution is -2.18. The van der Waals surface area contributed by atoms with Crippen molar-refractivity contribution in [3.8, 4) is 0 Å². The van der Waals surface area contributed by atoms with Crippen LogP contribution in [0.1, 0.15) is 23.0 Å². The molecule has 0 atom stereocenters. The summed E-state index contributed by atoms with van der Waals surface area (Å²) in [6.07, 6.45) is 1.76. The molecule has 4 nitrogen and oxygen atoms in total. The van der Waals surface area contributed by atoms with E-state index >= 15 is 0 Å². The van der Waals surface area contributed by atoms with Crippen molar-refractivity contribution >= 4 is 5.91 Å². The number of hydrogen-bond acceptors (Lipinski definition) is 2. The van der Waals surface area contributed by atoms with Gasteiger partial charge in [0.05, 0.1) is 11.3 Å². The van der Waals surface area contributed by atoms with Crippen LogP contribution in [0.4, 0.5) is 0 Å². The topological polar surface area (TPSA) is 46.9 Å². The molecule has 0 bridgehead atoms. The summed E-state index contributed by atoms with van der Waals surface area (Å²) < 4.78 is 1.75. The van der Waals surface area contributed by atoms with Gasteiger partial charge in [-0.1, -0.05) is 0 Å². The Hall–Kier alpha value is -1.32. The number of carbonyl (C=O) groups excluding carboxylic acids is 1. The van der Waals surface area contributed by atoms with Crippen molar-refractivity contribution in [2.45, 2.75) is 20.4 Å². The van der Waals surface area contributed by atoms with Crippen LogP contribution in [0.3, 0.4) is 0 Å². The van der Waals surface area contributed by atoms with Gasteiger partial charge >= 0.3 is 0 Å². The van der Waals surface area contributed by atoms with Crippen molar-refractivity contribution in [3.63, 3.8) is 0 Å². The molecule has 0 radical (unpaired) electrons. The molecule has 0 fully saturated rings. The molecule has 0 aliphatic carbocycles. The summed E-state index contributed by atoms with van der Waals surface area (Å²) in [6.45, 7) is 4.61. The smallest absolute Gasteiger partial charge is 0.254 e. The van der Waals surface area contributed by atoms with Gasteiger partial charge in [0.15, 0.2) is 0 Å². The SMILES string of the molecule is CCn1cc(C(=O)NC)c(C)n1. The van der Waals surface area contributed by atoms with Crippen LogP contribution in [0.25, 0.3) is 0 Å². The average molecular weight is 167 g/mol. The van der Waals surface area contributed by atoms with Crippen LogP contribution in [0, 0.1) is 6.92 Å². The number of hydrogen-bond donors (Lipinski definition) is 1. The summed E-state index contributed by atoms with van der Waals surface area (Å²) in [4.78, 5) is 11.2. The molecular weight excluding hydrogens is 154 g/mol. The molecule has 0 aliphatic rings. The van der Waals surface area contributed by atoms with Crippen LogP contribution in [0.5, 0.6) is 0 Å². The lowest BCUT2D eigenvalue weighted by Gasteiger charge is -1.94. The molecule has 0 saturated heterocycles. The maximum Gasteiger partial charge on any atom is 0.254 e. The molecule has 1 rings (SSSR count). The Balaban J connectivity index is 2.99. The van der Waals surface area contributed by atoms with E-state index in [0.717, 1.165) is 12.2 Å². The highest BCUT2D eigenvalue weighted by Crippen LogP contribution is 2.04. The van der Waals surface area contributed by atoms with Gasteiger partial charge in [-0.3, -0.25) is 9.48 Å². The fourth-order valence-corrected chi connectivity index (χ4v) is 1.04. The van der Waals surface area contributed by atoms with Crippen LogP contribution in [0.15, 0.2) is 6.20 Å². The summed E-state index contributed by atoms with van der Waals surface area (Å²) in [7, 11) is 1.62. The molecule has 1 amide bonds. The number of rotatable bonds is 2. The molecule has 12 heavy (non-hydrogen) atoms. The van der Waals surface area contributed by atoms with Gasteiger partial charge in [-0.25, -0.2) is 0 Å². The zero-order chi connectivity index (χ0) is 9.14. The normalized spacial score (nSPS) is 9.92. The minimum absolute atomic E-state index is 0.0767. The Morgan fingerprint density at radius 1 is 1.75 bits per heavy atom. The highest BCUT2D eigenvalue weighted by molar-refractivity contribution is 5.94. The summed E-state index contributed by atoms with van der Waals surface area (Å²) in [5.74, 6) is -0.0767. The fraction of sp³-hybridized carbons (Fsp3) is 0.500. The van der Waals surface area contributed by atoms with Crippen molar-refractivity contribution in [2.24, 2.45) is 0 Å². The van der Waals surface area contributed by atoms with E-state index in [1.54, 1.807) is 17.9 Å². The van der Waals surface area contributed by atoms with Gasteiger partial charge in [0.2, 0.25) is 0 Å². The molecule has 1 heterocycles. The van der Waals surface area contributed by atoms with E-state index in [-0.39, 0.29) is 5.91 Å². The standard InChI is InChI=1S/C8H13N3O/c1-4-11-5-7(6(2)10-11)8(12)9-3/h5H,4H2,1-3H3,(H,9,12). The zero-order valence-electron chi connectivity index (χ0n) is 7.59. The van der Waals surface area contributed by atoms with Crippen molar-refractivity contribution < 1.29 is 4.79 Å². The maximum atomic E-state index is 11.2. The van der Waals surface area contributed by atoms with Crippen LogP contribution < -0.4 is 5.32 Å². The average Bonchev–Trinajstić information content (AvgIpc) is 2.45. The third kappa shape index (κ3) is 1.47. The summed E-state index contributed by atoms with van der Waals surface area (Å²) in [5, 5.41) is 6.72. The highest BCUT2D eigenvalue weighted by Gasteiger charge is 2.10. The number of aromatic nitrogens is 2. The van der Waals surface area contributed by atoms with Crippen LogP contribution in [-0.4, -0.2) is 22.7 Å². The predicted molar refractivity (Wildman–Crippen MR) is 46.0 cm³/mol. The van der Waals surface area contributed by atoms with E-state index in [0.29, 0.717) is 5.56 Å². The molecule has 0 aromatic carbocycles. The number of nitrogens with one attached hydrogen (secondary N) is 1. The van der Waals surface area contributed by atoms with E-state index in [4.69, 9.17) is 0 Å². The van der Waals surface area contributed by atoms with Gasteiger partial charge in [0.1, 0.15) is 0 Å². The first-order chi connectivity index (χ1) is 5.69. The number of carbonyl (C=O) groups is 1. The number of nitrogens with zero attached hydrogens (tertiary/aromatic N) is 2. The van der Waals surface area contributed by atoms with E-state index in [2.05, 4.69) is 10.4 Å². The van der Waals surface area contributed by atoms with Gasteiger partial charge < -0.3 is 5.32 Å². The largest absolute Gasteiger partial charge is 0.355 e. The maximum absolute atomic E-state index is 11.2. The number of amides is 1. The second-order valence-corrected chi connectivity index (χ2v) is 2.56. The fourth-order valence-electron chi connectivity index (χ4n) is 1.04. The third-order valence-corrected chi connectivity index (χ3v) is 1.74. The summed E-state index contributed by atoms with van der Waals surface area (Å²) >= 11 is 0. The molecule has 4 heteroatoms. The summed E-state index contributed by atoms with van der Waals surface area (Å²) in [6, 6.07) is 0. The van der Waals surface area contributed by atoms with Crippen LogP contribution in [0.2, 0.25) is 0 Å². The molecule has 1 N–H and O–H groups in total. The molecule has 0 saturated carbocycles. The summed E-state index contributed by atoms with van der Waals surface area (Å²) in [5.41, 5.74) is 1.43. The van der Waals surface area contributed by atoms with E-state index in [1.807, 2.05) is 13.8 Å². The lowest BCUT2D eigenvalue weighted by atomic mass is 10.2. The van der Waals surface area contributed by atoms with E-state index in [9.17, 15) is 4.79 Å². The third-order valence-electron chi connectivity index (χ3n) is 1.74. The monoisotopic (exact) mass is 167 g/mol. The molecular formula is C8H13N3O. The minimum Gasteiger partial charge on any atom is -0.355 e. The quantitative estimate of drug-likeness (QED) is 0.700. The van der Waals surface area contributed by atoms with Gasteiger partial charge in [0, 0.05) is 19.8 Å². The predicted octanol–water partition coefficient (Wildman–Crippen LogP) is 0.571. The van der Waals surface area contributed by atoms with Gasteiger partial charge in [-0.05, 0) is 13.8 Å². The van der Waals surface area contributed by atoms with Crippen molar-refractivity contribution in [1.82, 2.24) is 15.1 Å². The zero-order valence-corrected chi connectivity index (χ0v) is 7.59. The first-order valence-corrected chi connectivity index (χ1v) is 3.95. The van der Waals surface area contributed by atoms with Crippen molar-refractivity contribution in [3.05, 3.63) is 17.5 Å². The first kappa shape index (κ1) is 8.77. The Labute approximate surface area is 71.6 Å². The molecule has 66 valence electrons. The van der Waals surface area contributed by atoms with Crippen LogP contribution >= 0.6 is 0 Å². The molecule has 0 spiro atoms. The Morgan fingerprint density at radius 2 is 2.42 bits per heavy atom. The van der Waals surface area contributed by atoms with E-state index in [1.165, 1.54) is 0 Å². The van der Waals surface area contributed by atoms with Gasteiger partial charge in [-0.2, -0.15) is 5.10 Å². The Kier molecular flexibility index (Phi) is 2.47. The van der Waals surface area contributed by atoms with Crippen LogP contribution in [-0.2, 0) is 6.54 Å². The van der Waals surface area contributed by atoms with Crippen molar-refractivity contribution in [1.29, 1.82) is 0 Å². The first-order valence-electron chi connectivity index (χ1n) is 3.95. The second kappa shape index (κ2) is 3.38. The molecule has 0 unspecified atom stereocenters. The Morgan fingerprint density at radius 3 is 2.83 bits per heavy atom. The molecule has 1 aromatic heterocycles. The lowest BCUT2D eigenvalue weighted by molar-refractivity contribution is 0.0962. The van der Waals surface area contributed by atoms with Gasteiger partial charge in [0.25, 0.3) is 5.91 Å². The van der Waals surface area contributed by atoms with Gasteiger partial charge in [-0.15, -0.1) is 0 Å². The van der Waals surface area contributed by atoms with E-state index < -0.39 is 0 Å². The molecule has 0 aliphatic heterocycles. The Bertz CT molecular complexity index is 290. The van der Waals surface area contributed by atoms with Crippen molar-refractivity contribution in [2.75, 3.05) is 7.05 Å².